The topological polar surface area (TPSA) is 58.2 Å². The van der Waals surface area contributed by atoms with Gasteiger partial charge in [0.15, 0.2) is 0 Å². The zero-order valence-corrected chi connectivity index (χ0v) is 13.1. The molecule has 1 aromatic carbocycles. The van der Waals surface area contributed by atoms with Crippen LogP contribution in [0, 0.1) is 6.92 Å². The summed E-state index contributed by atoms with van der Waals surface area (Å²) in [6.07, 6.45) is 4.24. The molecule has 1 fully saturated rings. The van der Waals surface area contributed by atoms with Crippen molar-refractivity contribution in [3.8, 4) is 0 Å². The first-order valence-electron chi connectivity index (χ1n) is 6.90. The molecule has 2 N–H and O–H groups in total. The Bertz CT molecular complexity index is 511. The number of hydrogen-bond acceptors (Lipinski definition) is 2. The number of nitrogens with one attached hydrogen (secondary N) is 2. The van der Waals surface area contributed by atoms with E-state index < -0.39 is 0 Å². The van der Waals surface area contributed by atoms with Gasteiger partial charge in [0.1, 0.15) is 6.42 Å². The molecule has 1 aromatic rings. The molecule has 0 spiro atoms. The average Bonchev–Trinajstić information content (AvgIpc) is 2.85. The third-order valence-corrected chi connectivity index (χ3v) is 4.10. The number of aryl methyl sites for hydroxylation is 1. The molecule has 0 atom stereocenters. The smallest absolute Gasteiger partial charge is 0.233 e. The maximum absolute atomic E-state index is 11.8. The number of carbonyl (C=O) groups is 2. The molecule has 1 aliphatic rings. The molecule has 2 rings (SSSR count). The molecule has 5 heteroatoms. The molecule has 2 amide bonds. The van der Waals surface area contributed by atoms with Gasteiger partial charge in [-0.3, -0.25) is 9.59 Å². The summed E-state index contributed by atoms with van der Waals surface area (Å²) in [7, 11) is 0. The van der Waals surface area contributed by atoms with Gasteiger partial charge in [-0.05, 0) is 53.4 Å². The fourth-order valence-electron chi connectivity index (χ4n) is 2.41. The number of anilines is 1. The molecular weight excluding hydrogens is 320 g/mol. The lowest BCUT2D eigenvalue weighted by molar-refractivity contribution is -0.127. The van der Waals surface area contributed by atoms with E-state index in [4.69, 9.17) is 0 Å². The molecule has 0 bridgehead atoms. The molecule has 1 saturated carbocycles. The molecule has 0 aromatic heterocycles. The summed E-state index contributed by atoms with van der Waals surface area (Å²) >= 11 is 3.40. The van der Waals surface area contributed by atoms with Crippen LogP contribution in [-0.2, 0) is 9.59 Å². The van der Waals surface area contributed by atoms with E-state index in [9.17, 15) is 9.59 Å². The van der Waals surface area contributed by atoms with Crippen molar-refractivity contribution < 1.29 is 9.59 Å². The lowest BCUT2D eigenvalue weighted by Gasteiger charge is -2.12. The molecule has 108 valence electrons. The number of hydrogen-bond donors (Lipinski definition) is 2. The van der Waals surface area contributed by atoms with E-state index in [1.165, 1.54) is 0 Å². The highest BCUT2D eigenvalue weighted by Crippen LogP contribution is 2.23. The molecule has 1 aliphatic carbocycles. The Morgan fingerprint density at radius 2 is 1.95 bits per heavy atom. The van der Waals surface area contributed by atoms with E-state index in [1.54, 1.807) is 0 Å². The van der Waals surface area contributed by atoms with Crippen molar-refractivity contribution in [1.82, 2.24) is 5.32 Å². The Hall–Kier alpha value is -1.36. The normalized spacial score (nSPS) is 15.1. The van der Waals surface area contributed by atoms with Crippen LogP contribution < -0.4 is 10.6 Å². The van der Waals surface area contributed by atoms with Crippen LogP contribution in [-0.4, -0.2) is 17.9 Å². The van der Waals surface area contributed by atoms with Crippen molar-refractivity contribution >= 4 is 33.4 Å². The van der Waals surface area contributed by atoms with Gasteiger partial charge in [0.05, 0.1) is 5.69 Å². The molecule has 0 aliphatic heterocycles. The Balaban J connectivity index is 1.83. The fourth-order valence-corrected chi connectivity index (χ4v) is 3.00. The minimum Gasteiger partial charge on any atom is -0.353 e. The highest BCUT2D eigenvalue weighted by molar-refractivity contribution is 9.10. The maximum Gasteiger partial charge on any atom is 0.233 e. The van der Waals surface area contributed by atoms with Crippen molar-refractivity contribution in [3.63, 3.8) is 0 Å². The van der Waals surface area contributed by atoms with Gasteiger partial charge < -0.3 is 10.6 Å². The van der Waals surface area contributed by atoms with Crippen molar-refractivity contribution in [2.45, 2.75) is 45.1 Å². The first kappa shape index (κ1) is 15.0. The third-order valence-electron chi connectivity index (χ3n) is 3.44. The number of amides is 2. The zero-order chi connectivity index (χ0) is 14.5. The van der Waals surface area contributed by atoms with Gasteiger partial charge in [-0.25, -0.2) is 0 Å². The summed E-state index contributed by atoms with van der Waals surface area (Å²) in [5, 5.41) is 5.65. The summed E-state index contributed by atoms with van der Waals surface area (Å²) in [6.45, 7) is 1.98. The first-order chi connectivity index (χ1) is 9.54. The first-order valence-corrected chi connectivity index (χ1v) is 7.69. The summed E-state index contributed by atoms with van der Waals surface area (Å²) in [4.78, 5) is 23.6. The van der Waals surface area contributed by atoms with Crippen LogP contribution in [0.15, 0.2) is 22.7 Å². The van der Waals surface area contributed by atoms with E-state index >= 15 is 0 Å². The molecule has 0 radical (unpaired) electrons. The van der Waals surface area contributed by atoms with Gasteiger partial charge in [-0.15, -0.1) is 0 Å². The second-order valence-corrected chi connectivity index (χ2v) is 6.11. The molecule has 20 heavy (non-hydrogen) atoms. The Kier molecular flexibility index (Phi) is 5.17. The van der Waals surface area contributed by atoms with E-state index in [0.717, 1.165) is 35.7 Å². The van der Waals surface area contributed by atoms with Crippen LogP contribution in [0.3, 0.4) is 0 Å². The van der Waals surface area contributed by atoms with Crippen LogP contribution in [0.25, 0.3) is 0 Å². The van der Waals surface area contributed by atoms with Crippen LogP contribution >= 0.6 is 15.9 Å². The van der Waals surface area contributed by atoms with E-state index in [1.807, 2.05) is 25.1 Å². The van der Waals surface area contributed by atoms with Gasteiger partial charge in [0, 0.05) is 10.5 Å². The van der Waals surface area contributed by atoms with Crippen LogP contribution in [0.1, 0.15) is 37.7 Å². The van der Waals surface area contributed by atoms with Crippen LogP contribution in [0.4, 0.5) is 5.69 Å². The minimum absolute atomic E-state index is 0.128. The van der Waals surface area contributed by atoms with Gasteiger partial charge >= 0.3 is 0 Å². The lowest BCUT2D eigenvalue weighted by Crippen LogP contribution is -2.35. The van der Waals surface area contributed by atoms with Gasteiger partial charge in [-0.1, -0.05) is 18.9 Å². The summed E-state index contributed by atoms with van der Waals surface area (Å²) in [5.41, 5.74) is 1.79. The SMILES string of the molecule is Cc1ccc(NC(=O)CC(=O)NC2CCCC2)c(Br)c1. The number of halogens is 1. The van der Waals surface area contributed by atoms with Crippen molar-refractivity contribution in [3.05, 3.63) is 28.2 Å². The van der Waals surface area contributed by atoms with E-state index in [0.29, 0.717) is 5.69 Å². The average molecular weight is 339 g/mol. The number of carbonyl (C=O) groups excluding carboxylic acids is 2. The predicted molar refractivity (Wildman–Crippen MR) is 82.5 cm³/mol. The summed E-state index contributed by atoms with van der Waals surface area (Å²) in [6, 6.07) is 5.92. The van der Waals surface area contributed by atoms with Crippen molar-refractivity contribution in [2.75, 3.05) is 5.32 Å². The standard InChI is InChI=1S/C15H19BrN2O2/c1-10-6-7-13(12(16)8-10)18-15(20)9-14(19)17-11-4-2-3-5-11/h6-8,11H,2-5,9H2,1H3,(H,17,19)(H,18,20). The Morgan fingerprint density at radius 1 is 1.25 bits per heavy atom. The minimum atomic E-state index is -0.287. The second-order valence-electron chi connectivity index (χ2n) is 5.26. The summed E-state index contributed by atoms with van der Waals surface area (Å²) < 4.78 is 0.821. The summed E-state index contributed by atoms with van der Waals surface area (Å²) in [5.74, 6) is -0.484. The zero-order valence-electron chi connectivity index (χ0n) is 11.5. The van der Waals surface area contributed by atoms with Crippen molar-refractivity contribution in [1.29, 1.82) is 0 Å². The van der Waals surface area contributed by atoms with E-state index in [-0.39, 0.29) is 24.3 Å². The molecular formula is C15H19BrN2O2. The highest BCUT2D eigenvalue weighted by atomic mass is 79.9. The Morgan fingerprint density at radius 3 is 2.60 bits per heavy atom. The molecule has 0 unspecified atom stereocenters. The molecule has 0 saturated heterocycles. The maximum atomic E-state index is 11.8. The monoisotopic (exact) mass is 338 g/mol. The lowest BCUT2D eigenvalue weighted by atomic mass is 10.2. The van der Waals surface area contributed by atoms with Gasteiger partial charge in [-0.2, -0.15) is 0 Å². The number of rotatable bonds is 4. The van der Waals surface area contributed by atoms with Gasteiger partial charge in [0.2, 0.25) is 11.8 Å². The quantitative estimate of drug-likeness (QED) is 0.828. The fraction of sp³-hybridized carbons (Fsp3) is 0.467. The second kappa shape index (κ2) is 6.88. The molecule has 4 nitrogen and oxygen atoms in total. The Labute approximate surface area is 127 Å². The highest BCUT2D eigenvalue weighted by Gasteiger charge is 2.18. The number of benzene rings is 1. The van der Waals surface area contributed by atoms with Crippen LogP contribution in [0.2, 0.25) is 0 Å². The van der Waals surface area contributed by atoms with Crippen molar-refractivity contribution in [2.24, 2.45) is 0 Å². The van der Waals surface area contributed by atoms with Gasteiger partial charge in [0.25, 0.3) is 0 Å². The predicted octanol–water partition coefficient (Wildman–Crippen LogP) is 3.14. The third kappa shape index (κ3) is 4.34. The molecule has 0 heterocycles. The van der Waals surface area contributed by atoms with Crippen LogP contribution in [0.5, 0.6) is 0 Å². The largest absolute Gasteiger partial charge is 0.353 e. The van der Waals surface area contributed by atoms with E-state index in [2.05, 4.69) is 26.6 Å².